The van der Waals surface area contributed by atoms with Crippen molar-refractivity contribution in [3.05, 3.63) is 40.4 Å². The zero-order valence-corrected chi connectivity index (χ0v) is 20.6. The van der Waals surface area contributed by atoms with Crippen LogP contribution in [-0.2, 0) is 15.2 Å². The molecule has 0 atom stereocenters. The Morgan fingerprint density at radius 1 is 1.16 bits per heavy atom. The molecule has 1 aliphatic carbocycles. The number of likely N-dealkylation sites (tertiary alicyclic amines) is 1. The number of nitrogens with one attached hydrogen (secondary N) is 2. The molecule has 0 unspecified atom stereocenters. The lowest BCUT2D eigenvalue weighted by atomic mass is 9.81. The number of aliphatic hydroxyl groups is 1. The average molecular weight is 555 g/mol. The van der Waals surface area contributed by atoms with Crippen molar-refractivity contribution in [2.45, 2.75) is 68.6 Å². The number of carbonyl (C=O) groups excluding carboxylic acids is 2. The first kappa shape index (κ1) is 29.1. The first-order valence-corrected chi connectivity index (χ1v) is 12.6. The second-order valence-electron chi connectivity index (χ2n) is 9.18. The van der Waals surface area contributed by atoms with Gasteiger partial charge in [-0.1, -0.05) is 18.2 Å². The maximum Gasteiger partial charge on any atom is 0.416 e. The molecule has 14 heteroatoms. The van der Waals surface area contributed by atoms with Gasteiger partial charge in [0.25, 0.3) is 0 Å². The van der Waals surface area contributed by atoms with Crippen LogP contribution in [0.25, 0.3) is 0 Å². The summed E-state index contributed by atoms with van der Waals surface area (Å²) in [4.78, 5) is 30.4. The van der Waals surface area contributed by atoms with Crippen LogP contribution in [0.2, 0.25) is 0 Å². The van der Waals surface area contributed by atoms with Crippen LogP contribution in [0.15, 0.2) is 35.4 Å². The molecule has 37 heavy (non-hydrogen) atoms. The van der Waals surface area contributed by atoms with Crippen LogP contribution in [0.3, 0.4) is 0 Å². The van der Waals surface area contributed by atoms with Crippen molar-refractivity contribution < 1.29 is 41.0 Å². The first-order valence-electron chi connectivity index (χ1n) is 11.7. The Hall–Kier alpha value is -2.45. The Morgan fingerprint density at radius 2 is 1.84 bits per heavy atom. The van der Waals surface area contributed by atoms with Crippen molar-refractivity contribution in [2.24, 2.45) is 0 Å². The number of hydrogen-bond acceptors (Lipinski definition) is 6. The summed E-state index contributed by atoms with van der Waals surface area (Å²) in [5, 5.41) is 18.3. The SMILES string of the molecule is O=C(C/C=C(\C=C/CC(F)(F)F)C(F)(F)F)NCC(=O)NC1CN(C2CCC(O)(c3nccs3)CC2)C1. The number of nitrogens with zero attached hydrogens (tertiary/aromatic N) is 2. The molecule has 206 valence electrons. The third-order valence-corrected chi connectivity index (χ3v) is 7.30. The third kappa shape index (κ3) is 8.82. The van der Waals surface area contributed by atoms with E-state index in [-0.39, 0.29) is 18.2 Å². The number of aromatic nitrogens is 1. The molecule has 0 bridgehead atoms. The molecule has 3 rings (SSSR count). The van der Waals surface area contributed by atoms with Gasteiger partial charge in [0.15, 0.2) is 0 Å². The molecule has 1 saturated heterocycles. The van der Waals surface area contributed by atoms with Gasteiger partial charge >= 0.3 is 12.4 Å². The Bertz CT molecular complexity index is 980. The van der Waals surface area contributed by atoms with E-state index in [1.54, 1.807) is 6.20 Å². The van der Waals surface area contributed by atoms with Crippen LogP contribution in [0.5, 0.6) is 0 Å². The Labute approximate surface area is 213 Å². The highest BCUT2D eigenvalue weighted by atomic mass is 32.1. The van der Waals surface area contributed by atoms with Gasteiger partial charge in [0, 0.05) is 37.1 Å². The number of thiazole rings is 1. The summed E-state index contributed by atoms with van der Waals surface area (Å²) in [6, 6.07) is 0.160. The van der Waals surface area contributed by atoms with Crippen LogP contribution in [0, 0.1) is 0 Å². The standard InChI is InChI=1S/C23H28F6N4O3S/c24-22(25,26)7-1-2-15(23(27,28)29)3-4-18(34)31-12-19(35)32-16-13-33(14-16)17-5-8-21(36,9-6-17)20-30-10-11-37-20/h1-3,10-11,16-17,36H,4-9,12-14H2,(H,31,34)(H,32,35)/b2-1-,15-3+. The molecule has 2 amide bonds. The van der Waals surface area contributed by atoms with Crippen LogP contribution < -0.4 is 10.6 Å². The maximum atomic E-state index is 12.9. The molecule has 1 saturated carbocycles. The second kappa shape index (κ2) is 11.9. The zero-order chi connectivity index (χ0) is 27.3. The predicted octanol–water partition coefficient (Wildman–Crippen LogP) is 3.58. The Balaban J connectivity index is 1.35. The van der Waals surface area contributed by atoms with E-state index in [1.165, 1.54) is 11.3 Å². The van der Waals surface area contributed by atoms with Gasteiger partial charge in [-0.15, -0.1) is 11.3 Å². The number of halogens is 6. The van der Waals surface area contributed by atoms with Gasteiger partial charge in [0.05, 0.1) is 24.6 Å². The van der Waals surface area contributed by atoms with Crippen LogP contribution in [0.1, 0.15) is 43.5 Å². The van der Waals surface area contributed by atoms with Crippen LogP contribution >= 0.6 is 11.3 Å². The normalized spacial score (nSPS) is 24.2. The first-order chi connectivity index (χ1) is 17.2. The quantitative estimate of drug-likeness (QED) is 0.321. The number of hydrogen-bond donors (Lipinski definition) is 3. The summed E-state index contributed by atoms with van der Waals surface area (Å²) >= 11 is 1.44. The van der Waals surface area contributed by atoms with Crippen molar-refractivity contribution in [3.8, 4) is 0 Å². The van der Waals surface area contributed by atoms with Crippen LogP contribution in [0.4, 0.5) is 26.3 Å². The molecule has 2 fully saturated rings. The number of alkyl halides is 6. The highest BCUT2D eigenvalue weighted by Crippen LogP contribution is 2.40. The van der Waals surface area contributed by atoms with E-state index in [2.05, 4.69) is 20.5 Å². The highest BCUT2D eigenvalue weighted by molar-refractivity contribution is 7.09. The third-order valence-electron chi connectivity index (χ3n) is 6.33. The van der Waals surface area contributed by atoms with E-state index in [1.807, 2.05) is 5.38 Å². The average Bonchev–Trinajstić information content (AvgIpc) is 3.32. The number of rotatable bonds is 9. The molecule has 7 nitrogen and oxygen atoms in total. The van der Waals surface area contributed by atoms with Crippen molar-refractivity contribution in [2.75, 3.05) is 19.6 Å². The van der Waals surface area contributed by atoms with E-state index in [4.69, 9.17) is 0 Å². The van der Waals surface area contributed by atoms with Gasteiger partial charge in [-0.25, -0.2) is 4.98 Å². The number of carbonyl (C=O) groups is 2. The lowest BCUT2D eigenvalue weighted by Crippen LogP contribution is -2.63. The topological polar surface area (TPSA) is 94.6 Å². The van der Waals surface area contributed by atoms with Gasteiger partial charge in [0.1, 0.15) is 10.6 Å². The van der Waals surface area contributed by atoms with E-state index < -0.39 is 54.7 Å². The number of amides is 2. The van der Waals surface area contributed by atoms with E-state index in [9.17, 15) is 41.0 Å². The minimum Gasteiger partial charge on any atom is -0.383 e. The fourth-order valence-corrected chi connectivity index (χ4v) is 5.14. The van der Waals surface area contributed by atoms with Gasteiger partial charge < -0.3 is 15.7 Å². The van der Waals surface area contributed by atoms with Gasteiger partial charge in [0.2, 0.25) is 11.8 Å². The molecule has 3 N–H and O–H groups in total. The van der Waals surface area contributed by atoms with Gasteiger partial charge in [-0.3, -0.25) is 14.5 Å². The summed E-state index contributed by atoms with van der Waals surface area (Å²) in [5.41, 5.74) is -2.27. The summed E-state index contributed by atoms with van der Waals surface area (Å²) in [6.45, 7) is 0.794. The minimum atomic E-state index is -4.92. The van der Waals surface area contributed by atoms with E-state index in [0.717, 1.165) is 17.8 Å². The minimum absolute atomic E-state index is 0.125. The lowest BCUT2D eigenvalue weighted by molar-refractivity contribution is -0.127. The van der Waals surface area contributed by atoms with Gasteiger partial charge in [-0.2, -0.15) is 26.3 Å². The predicted molar refractivity (Wildman–Crippen MR) is 123 cm³/mol. The second-order valence-corrected chi connectivity index (χ2v) is 10.1. The fraction of sp³-hybridized carbons (Fsp3) is 0.609. The number of allylic oxidation sites excluding steroid dienone is 3. The fourth-order valence-electron chi connectivity index (χ4n) is 4.34. The Morgan fingerprint density at radius 3 is 2.41 bits per heavy atom. The van der Waals surface area contributed by atoms with Gasteiger partial charge in [-0.05, 0) is 25.7 Å². The van der Waals surface area contributed by atoms with Crippen molar-refractivity contribution in [1.29, 1.82) is 0 Å². The van der Waals surface area contributed by atoms with Crippen molar-refractivity contribution in [3.63, 3.8) is 0 Å². The largest absolute Gasteiger partial charge is 0.416 e. The van der Waals surface area contributed by atoms with E-state index >= 15 is 0 Å². The summed E-state index contributed by atoms with van der Waals surface area (Å²) in [6.07, 6.45) is -6.27. The summed E-state index contributed by atoms with van der Waals surface area (Å²) in [7, 11) is 0. The molecular weight excluding hydrogens is 526 g/mol. The Kier molecular flexibility index (Phi) is 9.40. The molecule has 2 heterocycles. The molecule has 1 aromatic rings. The summed E-state index contributed by atoms with van der Waals surface area (Å²) in [5.74, 6) is -1.36. The highest BCUT2D eigenvalue weighted by Gasteiger charge is 2.41. The molecule has 1 aliphatic heterocycles. The maximum absolute atomic E-state index is 12.9. The smallest absolute Gasteiger partial charge is 0.383 e. The zero-order valence-electron chi connectivity index (χ0n) is 19.7. The van der Waals surface area contributed by atoms with E-state index in [0.29, 0.717) is 38.1 Å². The lowest BCUT2D eigenvalue weighted by Gasteiger charge is -2.47. The molecule has 1 aromatic heterocycles. The summed E-state index contributed by atoms with van der Waals surface area (Å²) < 4.78 is 75.3. The molecule has 0 radical (unpaired) electrons. The van der Waals surface area contributed by atoms with Crippen molar-refractivity contribution >= 4 is 23.2 Å². The molecule has 0 aromatic carbocycles. The molecule has 0 spiro atoms. The monoisotopic (exact) mass is 554 g/mol. The molecule has 2 aliphatic rings. The molecular formula is C23H28F6N4O3S. The van der Waals surface area contributed by atoms with Crippen LogP contribution in [-0.4, -0.2) is 70.9 Å². The van der Waals surface area contributed by atoms with Crippen molar-refractivity contribution in [1.82, 2.24) is 20.5 Å².